The van der Waals surface area contributed by atoms with Gasteiger partial charge in [0.1, 0.15) is 0 Å². The average molecular weight is 252 g/mol. The number of hydrogen-bond donors (Lipinski definition) is 1. The zero-order valence-electron chi connectivity index (χ0n) is 11.6. The molecule has 1 unspecified atom stereocenters. The summed E-state index contributed by atoms with van der Waals surface area (Å²) in [6, 6.07) is 2.14. The maximum Gasteiger partial charge on any atom is 0.317 e. The molecule has 1 heterocycles. The summed E-state index contributed by atoms with van der Waals surface area (Å²) in [7, 11) is 0. The molecule has 4 heteroatoms. The minimum atomic E-state index is -0.0788. The second-order valence-corrected chi connectivity index (χ2v) is 4.72. The maximum absolute atomic E-state index is 9.08. The summed E-state index contributed by atoms with van der Waals surface area (Å²) in [5.74, 6) is 0. The smallest absolute Gasteiger partial charge is 0.317 e. The first-order valence-electron chi connectivity index (χ1n) is 6.77. The lowest BCUT2D eigenvalue weighted by Crippen LogP contribution is -2.14. The van der Waals surface area contributed by atoms with Gasteiger partial charge in [-0.3, -0.25) is 0 Å². The molecule has 1 aromatic rings. The van der Waals surface area contributed by atoms with E-state index in [1.54, 1.807) is 6.07 Å². The summed E-state index contributed by atoms with van der Waals surface area (Å²) in [6.07, 6.45) is 6.09. The molecule has 0 saturated heterocycles. The van der Waals surface area contributed by atoms with Crippen molar-refractivity contribution in [3.63, 3.8) is 0 Å². The molecule has 1 atom stereocenters. The molecule has 0 saturated carbocycles. The van der Waals surface area contributed by atoms with E-state index in [-0.39, 0.29) is 12.7 Å². The first-order valence-corrected chi connectivity index (χ1v) is 6.77. The van der Waals surface area contributed by atoms with Crippen LogP contribution in [0.15, 0.2) is 6.07 Å². The van der Waals surface area contributed by atoms with Crippen LogP contribution in [0.4, 0.5) is 0 Å². The van der Waals surface area contributed by atoms with Gasteiger partial charge in [-0.25, -0.2) is 4.98 Å². The zero-order chi connectivity index (χ0) is 13.4. The number of ether oxygens (including phenoxy) is 1. The number of aryl methyl sites for hydroxylation is 1. The van der Waals surface area contributed by atoms with Gasteiger partial charge in [-0.2, -0.15) is 4.98 Å². The molecule has 0 aliphatic heterocycles. The molecule has 102 valence electrons. The van der Waals surface area contributed by atoms with E-state index < -0.39 is 0 Å². The molecular weight excluding hydrogens is 228 g/mol. The lowest BCUT2D eigenvalue weighted by Gasteiger charge is -2.13. The predicted molar refractivity (Wildman–Crippen MR) is 71.5 cm³/mol. The van der Waals surface area contributed by atoms with Crippen LogP contribution in [0, 0.1) is 6.92 Å². The van der Waals surface area contributed by atoms with Gasteiger partial charge in [0.25, 0.3) is 0 Å². The zero-order valence-corrected chi connectivity index (χ0v) is 11.6. The van der Waals surface area contributed by atoms with Crippen LogP contribution in [0.5, 0.6) is 6.01 Å². The Labute approximate surface area is 109 Å². The van der Waals surface area contributed by atoms with Crippen LogP contribution in [0.2, 0.25) is 0 Å². The lowest BCUT2D eigenvalue weighted by atomic mass is 10.1. The number of aliphatic hydroxyl groups excluding tert-OH is 1. The summed E-state index contributed by atoms with van der Waals surface area (Å²) in [6.45, 7) is 6.04. The summed E-state index contributed by atoms with van der Waals surface area (Å²) in [5.41, 5.74) is 1.43. The third-order valence-electron chi connectivity index (χ3n) is 2.82. The van der Waals surface area contributed by atoms with Crippen LogP contribution in [0.25, 0.3) is 0 Å². The van der Waals surface area contributed by atoms with Gasteiger partial charge in [0.15, 0.2) is 0 Å². The molecule has 0 aliphatic carbocycles. The Morgan fingerprint density at radius 3 is 2.72 bits per heavy atom. The van der Waals surface area contributed by atoms with Gasteiger partial charge in [0, 0.05) is 5.69 Å². The van der Waals surface area contributed by atoms with E-state index in [4.69, 9.17) is 9.84 Å². The van der Waals surface area contributed by atoms with Crippen LogP contribution in [0.1, 0.15) is 57.3 Å². The Bertz CT molecular complexity index is 356. The Morgan fingerprint density at radius 1 is 1.28 bits per heavy atom. The number of nitrogens with zero attached hydrogens (tertiary/aromatic N) is 2. The highest BCUT2D eigenvalue weighted by Crippen LogP contribution is 2.12. The van der Waals surface area contributed by atoms with E-state index in [9.17, 15) is 0 Å². The van der Waals surface area contributed by atoms with Crippen LogP contribution in [-0.2, 0) is 6.61 Å². The van der Waals surface area contributed by atoms with Crippen molar-refractivity contribution >= 4 is 0 Å². The third kappa shape index (κ3) is 5.45. The third-order valence-corrected chi connectivity index (χ3v) is 2.82. The number of rotatable bonds is 8. The fourth-order valence-corrected chi connectivity index (χ4v) is 1.84. The van der Waals surface area contributed by atoms with Crippen LogP contribution < -0.4 is 4.74 Å². The van der Waals surface area contributed by atoms with Gasteiger partial charge >= 0.3 is 6.01 Å². The molecule has 0 aromatic carbocycles. The van der Waals surface area contributed by atoms with Crippen molar-refractivity contribution < 1.29 is 9.84 Å². The van der Waals surface area contributed by atoms with Crippen molar-refractivity contribution in [2.24, 2.45) is 0 Å². The lowest BCUT2D eigenvalue weighted by molar-refractivity contribution is 0.186. The molecule has 0 amide bonds. The van der Waals surface area contributed by atoms with Crippen molar-refractivity contribution in [2.75, 3.05) is 0 Å². The maximum atomic E-state index is 9.08. The minimum Gasteiger partial charge on any atom is -0.460 e. The number of aliphatic hydroxyl groups is 1. The van der Waals surface area contributed by atoms with Gasteiger partial charge < -0.3 is 9.84 Å². The van der Waals surface area contributed by atoms with Crippen molar-refractivity contribution in [1.82, 2.24) is 9.97 Å². The minimum absolute atomic E-state index is 0.0788. The predicted octanol–water partition coefficient (Wildman–Crippen LogP) is 3.02. The number of unbranched alkanes of at least 4 members (excludes halogenated alkanes) is 3. The fraction of sp³-hybridized carbons (Fsp3) is 0.714. The van der Waals surface area contributed by atoms with Crippen LogP contribution in [-0.4, -0.2) is 21.2 Å². The molecule has 1 aromatic heterocycles. The van der Waals surface area contributed by atoms with E-state index in [1.165, 1.54) is 25.7 Å². The van der Waals surface area contributed by atoms with Gasteiger partial charge in [-0.1, -0.05) is 26.2 Å². The number of aromatic nitrogens is 2. The van der Waals surface area contributed by atoms with Gasteiger partial charge in [0.05, 0.1) is 18.4 Å². The topological polar surface area (TPSA) is 55.2 Å². The van der Waals surface area contributed by atoms with Crippen LogP contribution in [0.3, 0.4) is 0 Å². The monoisotopic (exact) mass is 252 g/mol. The Morgan fingerprint density at radius 2 is 2.06 bits per heavy atom. The molecule has 0 aliphatic rings. The molecule has 0 fully saturated rings. The molecule has 4 nitrogen and oxygen atoms in total. The quantitative estimate of drug-likeness (QED) is 0.723. The average Bonchev–Trinajstić information content (AvgIpc) is 2.34. The summed E-state index contributed by atoms with van der Waals surface area (Å²) in [5, 5.41) is 9.08. The molecule has 0 radical (unpaired) electrons. The van der Waals surface area contributed by atoms with E-state index in [1.807, 2.05) is 13.8 Å². The summed E-state index contributed by atoms with van der Waals surface area (Å²) in [4.78, 5) is 8.37. The van der Waals surface area contributed by atoms with Crippen molar-refractivity contribution in [1.29, 1.82) is 0 Å². The first kappa shape index (κ1) is 14.9. The first-order chi connectivity index (χ1) is 8.65. The fourth-order valence-electron chi connectivity index (χ4n) is 1.84. The summed E-state index contributed by atoms with van der Waals surface area (Å²) < 4.78 is 5.68. The molecule has 0 bridgehead atoms. The molecule has 0 spiro atoms. The SMILES string of the molecule is CCCCCCC(C)Oc1nc(C)cc(CO)n1. The standard InChI is InChI=1S/C14H24N2O2/c1-4-5-6-7-8-12(3)18-14-15-11(2)9-13(10-17)16-14/h9,12,17H,4-8,10H2,1-3H3. The van der Waals surface area contributed by atoms with Gasteiger partial charge in [0.2, 0.25) is 0 Å². The Hall–Kier alpha value is -1.16. The van der Waals surface area contributed by atoms with Gasteiger partial charge in [-0.15, -0.1) is 0 Å². The van der Waals surface area contributed by atoms with Crippen LogP contribution >= 0.6 is 0 Å². The normalized spacial score (nSPS) is 12.4. The summed E-state index contributed by atoms with van der Waals surface area (Å²) >= 11 is 0. The molecular formula is C14H24N2O2. The highest BCUT2D eigenvalue weighted by Gasteiger charge is 2.08. The van der Waals surface area contributed by atoms with Crippen molar-refractivity contribution in [3.05, 3.63) is 17.5 Å². The van der Waals surface area contributed by atoms with E-state index >= 15 is 0 Å². The van der Waals surface area contributed by atoms with Crippen molar-refractivity contribution in [2.45, 2.75) is 65.6 Å². The molecule has 18 heavy (non-hydrogen) atoms. The molecule has 1 rings (SSSR count). The number of hydrogen-bond acceptors (Lipinski definition) is 4. The Kier molecular flexibility index (Phi) is 6.65. The Balaban J connectivity index is 2.43. The second-order valence-electron chi connectivity index (χ2n) is 4.72. The van der Waals surface area contributed by atoms with E-state index in [0.717, 1.165) is 12.1 Å². The van der Waals surface area contributed by atoms with E-state index in [0.29, 0.717) is 11.7 Å². The largest absolute Gasteiger partial charge is 0.460 e. The highest BCUT2D eigenvalue weighted by atomic mass is 16.5. The highest BCUT2D eigenvalue weighted by molar-refractivity contribution is 5.11. The molecule has 1 N–H and O–H groups in total. The second kappa shape index (κ2) is 8.03. The van der Waals surface area contributed by atoms with Gasteiger partial charge in [-0.05, 0) is 32.8 Å². The van der Waals surface area contributed by atoms with E-state index in [2.05, 4.69) is 16.9 Å². The van der Waals surface area contributed by atoms with Crippen molar-refractivity contribution in [3.8, 4) is 6.01 Å².